The molecule has 1 unspecified atom stereocenters. The third kappa shape index (κ3) is 3.53. The molecule has 0 saturated carbocycles. The zero-order chi connectivity index (χ0) is 16.2. The molecule has 2 aromatic heterocycles. The van der Waals surface area contributed by atoms with E-state index in [1.165, 1.54) is 0 Å². The van der Waals surface area contributed by atoms with Crippen molar-refractivity contribution in [3.05, 3.63) is 48.4 Å². The minimum Gasteiger partial charge on any atom is -0.497 e. The van der Waals surface area contributed by atoms with Crippen LogP contribution < -0.4 is 10.1 Å². The number of aromatic amines is 1. The van der Waals surface area contributed by atoms with E-state index in [2.05, 4.69) is 15.4 Å². The number of benzene rings is 1. The quantitative estimate of drug-likeness (QED) is 0.734. The average molecular weight is 312 g/mol. The van der Waals surface area contributed by atoms with Gasteiger partial charge in [0.25, 0.3) is 0 Å². The number of carbonyl (C=O) groups is 1. The Labute approximate surface area is 134 Å². The van der Waals surface area contributed by atoms with Crippen LogP contribution in [-0.4, -0.2) is 27.8 Å². The number of carbonyl (C=O) groups excluding carboxylic acids is 1. The molecule has 0 bridgehead atoms. The topological polar surface area (TPSA) is 71.9 Å². The van der Waals surface area contributed by atoms with Crippen LogP contribution in [0.5, 0.6) is 5.75 Å². The molecule has 3 rings (SSSR count). The summed E-state index contributed by atoms with van der Waals surface area (Å²) in [5.74, 6) is 0.691. The summed E-state index contributed by atoms with van der Waals surface area (Å²) in [4.78, 5) is 15.5. The second kappa shape index (κ2) is 6.56. The van der Waals surface area contributed by atoms with E-state index in [1.54, 1.807) is 18.0 Å². The molecule has 120 valence electrons. The van der Waals surface area contributed by atoms with Crippen LogP contribution in [0.4, 0.5) is 0 Å². The van der Waals surface area contributed by atoms with Crippen LogP contribution in [-0.2, 0) is 17.9 Å². The van der Waals surface area contributed by atoms with Crippen LogP contribution in [0.1, 0.15) is 12.6 Å². The first kappa shape index (κ1) is 15.1. The average Bonchev–Trinajstić information content (AvgIpc) is 3.20. The number of aromatic nitrogens is 3. The molecule has 6 heteroatoms. The molecule has 0 radical (unpaired) electrons. The predicted octanol–water partition coefficient (Wildman–Crippen LogP) is 2.33. The van der Waals surface area contributed by atoms with Crippen LogP contribution in [0.2, 0.25) is 0 Å². The van der Waals surface area contributed by atoms with Gasteiger partial charge in [0.2, 0.25) is 5.91 Å². The van der Waals surface area contributed by atoms with Crippen molar-refractivity contribution in [2.45, 2.75) is 20.0 Å². The smallest absolute Gasteiger partial charge is 0.225 e. The number of fused-ring (bicyclic) bond motifs is 1. The van der Waals surface area contributed by atoms with Crippen molar-refractivity contribution in [3.63, 3.8) is 0 Å². The second-order valence-corrected chi connectivity index (χ2v) is 5.59. The largest absolute Gasteiger partial charge is 0.497 e. The Hall–Kier alpha value is -2.76. The Morgan fingerprint density at radius 2 is 2.30 bits per heavy atom. The highest BCUT2D eigenvalue weighted by Gasteiger charge is 2.13. The van der Waals surface area contributed by atoms with Gasteiger partial charge in [-0.1, -0.05) is 6.92 Å². The lowest BCUT2D eigenvalue weighted by Gasteiger charge is -2.11. The van der Waals surface area contributed by atoms with Crippen LogP contribution in [0, 0.1) is 5.92 Å². The van der Waals surface area contributed by atoms with E-state index in [1.807, 2.05) is 43.5 Å². The maximum atomic E-state index is 12.2. The normalized spacial score (nSPS) is 12.3. The van der Waals surface area contributed by atoms with E-state index in [-0.39, 0.29) is 11.8 Å². The molecule has 0 aliphatic heterocycles. The highest BCUT2D eigenvalue weighted by Crippen LogP contribution is 2.21. The molecule has 0 saturated heterocycles. The molecule has 3 aromatic rings. The molecule has 0 aliphatic carbocycles. The Kier molecular flexibility index (Phi) is 4.32. The number of rotatable bonds is 6. The van der Waals surface area contributed by atoms with Gasteiger partial charge in [-0.3, -0.25) is 9.48 Å². The van der Waals surface area contributed by atoms with Gasteiger partial charge in [-0.2, -0.15) is 5.10 Å². The zero-order valence-electron chi connectivity index (χ0n) is 13.2. The van der Waals surface area contributed by atoms with Crippen LogP contribution in [0.15, 0.2) is 42.7 Å². The van der Waals surface area contributed by atoms with Crippen molar-refractivity contribution in [2.75, 3.05) is 7.11 Å². The number of H-pyrrole nitrogens is 1. The monoisotopic (exact) mass is 312 g/mol. The Balaban J connectivity index is 1.60. The molecule has 6 nitrogen and oxygen atoms in total. The van der Waals surface area contributed by atoms with Crippen molar-refractivity contribution in [2.24, 2.45) is 5.92 Å². The van der Waals surface area contributed by atoms with Gasteiger partial charge in [-0.25, -0.2) is 0 Å². The number of ether oxygens (including phenoxy) is 1. The number of methoxy groups -OCH3 is 1. The van der Waals surface area contributed by atoms with E-state index < -0.39 is 0 Å². The third-order valence-corrected chi connectivity index (χ3v) is 3.80. The lowest BCUT2D eigenvalue weighted by molar-refractivity contribution is -0.125. The van der Waals surface area contributed by atoms with Crippen molar-refractivity contribution in [1.29, 1.82) is 0 Å². The molecule has 23 heavy (non-hydrogen) atoms. The van der Waals surface area contributed by atoms with E-state index in [4.69, 9.17) is 4.74 Å². The molecular weight excluding hydrogens is 292 g/mol. The summed E-state index contributed by atoms with van der Waals surface area (Å²) in [6.07, 6.45) is 3.57. The standard InChI is InChI=1S/C17H20N4O2/c1-12(11-21-7-3-6-19-21)17(22)18-10-14-8-13-9-15(23-2)4-5-16(13)20-14/h3-9,12,20H,10-11H2,1-2H3,(H,18,22). The van der Waals surface area contributed by atoms with Gasteiger partial charge in [0, 0.05) is 29.0 Å². The van der Waals surface area contributed by atoms with Crippen molar-refractivity contribution in [1.82, 2.24) is 20.1 Å². The first-order valence-electron chi connectivity index (χ1n) is 7.56. The minimum absolute atomic E-state index is 0.0109. The first-order chi connectivity index (χ1) is 11.2. The lowest BCUT2D eigenvalue weighted by Crippen LogP contribution is -2.31. The van der Waals surface area contributed by atoms with Crippen LogP contribution >= 0.6 is 0 Å². The summed E-state index contributed by atoms with van der Waals surface area (Å²) in [5, 5.41) is 8.15. The molecule has 2 N–H and O–H groups in total. The highest BCUT2D eigenvalue weighted by atomic mass is 16.5. The van der Waals surface area contributed by atoms with Crippen molar-refractivity contribution in [3.8, 4) is 5.75 Å². The summed E-state index contributed by atoms with van der Waals surface area (Å²) >= 11 is 0. The molecule has 2 heterocycles. The third-order valence-electron chi connectivity index (χ3n) is 3.80. The Morgan fingerprint density at radius 3 is 3.04 bits per heavy atom. The summed E-state index contributed by atoms with van der Waals surface area (Å²) in [5.41, 5.74) is 1.99. The summed E-state index contributed by atoms with van der Waals surface area (Å²) in [7, 11) is 1.65. The van der Waals surface area contributed by atoms with Gasteiger partial charge in [0.15, 0.2) is 0 Å². The number of amides is 1. The molecule has 1 aromatic carbocycles. The lowest BCUT2D eigenvalue weighted by atomic mass is 10.1. The van der Waals surface area contributed by atoms with Crippen molar-refractivity contribution >= 4 is 16.8 Å². The summed E-state index contributed by atoms with van der Waals surface area (Å²) < 4.78 is 6.98. The fourth-order valence-corrected chi connectivity index (χ4v) is 2.52. The van der Waals surface area contributed by atoms with E-state index in [0.29, 0.717) is 13.1 Å². The van der Waals surface area contributed by atoms with E-state index >= 15 is 0 Å². The van der Waals surface area contributed by atoms with Gasteiger partial charge in [0.1, 0.15) is 5.75 Å². The zero-order valence-corrected chi connectivity index (χ0v) is 13.2. The fraction of sp³-hybridized carbons (Fsp3) is 0.294. The number of nitrogens with zero attached hydrogens (tertiary/aromatic N) is 2. The predicted molar refractivity (Wildman–Crippen MR) is 88.1 cm³/mol. The van der Waals surface area contributed by atoms with Gasteiger partial charge in [0.05, 0.1) is 26.1 Å². The van der Waals surface area contributed by atoms with E-state index in [9.17, 15) is 4.79 Å². The highest BCUT2D eigenvalue weighted by molar-refractivity contribution is 5.82. The summed E-state index contributed by atoms with van der Waals surface area (Å²) in [6.45, 7) is 2.94. The summed E-state index contributed by atoms with van der Waals surface area (Å²) in [6, 6.07) is 9.73. The van der Waals surface area contributed by atoms with E-state index in [0.717, 1.165) is 22.3 Å². The number of hydrogen-bond donors (Lipinski definition) is 2. The van der Waals surface area contributed by atoms with Gasteiger partial charge < -0.3 is 15.0 Å². The van der Waals surface area contributed by atoms with Gasteiger partial charge in [-0.15, -0.1) is 0 Å². The van der Waals surface area contributed by atoms with Crippen LogP contribution in [0.25, 0.3) is 10.9 Å². The molecule has 0 fully saturated rings. The molecular formula is C17H20N4O2. The van der Waals surface area contributed by atoms with Gasteiger partial charge >= 0.3 is 0 Å². The minimum atomic E-state index is -0.139. The van der Waals surface area contributed by atoms with Crippen molar-refractivity contribution < 1.29 is 9.53 Å². The Bertz CT molecular complexity index is 792. The fourth-order valence-electron chi connectivity index (χ4n) is 2.52. The van der Waals surface area contributed by atoms with Crippen LogP contribution in [0.3, 0.4) is 0 Å². The maximum absolute atomic E-state index is 12.2. The number of nitrogens with one attached hydrogen (secondary N) is 2. The Morgan fingerprint density at radius 1 is 1.43 bits per heavy atom. The first-order valence-corrected chi connectivity index (χ1v) is 7.56. The molecule has 1 atom stereocenters. The SMILES string of the molecule is COc1ccc2[nH]c(CNC(=O)C(C)Cn3cccn3)cc2c1. The maximum Gasteiger partial charge on any atom is 0.225 e. The molecule has 0 spiro atoms. The number of hydrogen-bond acceptors (Lipinski definition) is 3. The molecule has 0 aliphatic rings. The van der Waals surface area contributed by atoms with Gasteiger partial charge in [-0.05, 0) is 30.3 Å². The molecule has 1 amide bonds. The second-order valence-electron chi connectivity index (χ2n) is 5.59.